The normalized spacial score (nSPS) is 10.4. The number of H-pyrrole nitrogens is 1. The second kappa shape index (κ2) is 8.43. The van der Waals surface area contributed by atoms with Crippen molar-refractivity contribution in [3.63, 3.8) is 0 Å². The number of hydrogen-bond acceptors (Lipinski definition) is 4. The Morgan fingerprint density at radius 2 is 1.93 bits per heavy atom. The first-order valence-electron chi connectivity index (χ1n) is 8.69. The van der Waals surface area contributed by atoms with Crippen LogP contribution in [0.2, 0.25) is 0 Å². The van der Waals surface area contributed by atoms with Crippen LogP contribution in [-0.2, 0) is 6.42 Å². The van der Waals surface area contributed by atoms with E-state index in [1.807, 2.05) is 6.92 Å². The van der Waals surface area contributed by atoms with Crippen molar-refractivity contribution in [3.05, 3.63) is 54.0 Å². The van der Waals surface area contributed by atoms with Crippen molar-refractivity contribution >= 4 is 17.4 Å². The Morgan fingerprint density at radius 1 is 1.14 bits per heavy atom. The average molecular weight is 384 g/mol. The van der Waals surface area contributed by atoms with E-state index in [1.54, 1.807) is 44.6 Å². The standard InChI is InChI=1S/C20H21FN4O3/c1-4-15-19(23-20(26)22-16-8-6-5-7-14(16)21)18(25-24-15)13-10-9-12(27-2)11-17(13)28-3/h5-11H,4H2,1-3H3,(H,24,25)(H2,22,23,26). The Bertz CT molecular complexity index is 987. The molecule has 0 atom stereocenters. The first kappa shape index (κ1) is 19.2. The lowest BCUT2D eigenvalue weighted by Gasteiger charge is -2.12. The topological polar surface area (TPSA) is 88.3 Å². The number of urea groups is 1. The number of methoxy groups -OCH3 is 2. The largest absolute Gasteiger partial charge is 0.497 e. The van der Waals surface area contributed by atoms with Crippen LogP contribution >= 0.6 is 0 Å². The van der Waals surface area contributed by atoms with Crippen molar-refractivity contribution in [1.82, 2.24) is 10.2 Å². The van der Waals surface area contributed by atoms with E-state index >= 15 is 0 Å². The fraction of sp³-hybridized carbons (Fsp3) is 0.200. The molecule has 7 nitrogen and oxygen atoms in total. The number of carbonyl (C=O) groups is 1. The van der Waals surface area contributed by atoms with E-state index in [-0.39, 0.29) is 5.69 Å². The molecule has 0 saturated carbocycles. The van der Waals surface area contributed by atoms with E-state index in [0.29, 0.717) is 34.9 Å². The van der Waals surface area contributed by atoms with Gasteiger partial charge in [0.2, 0.25) is 0 Å². The molecule has 0 aliphatic rings. The van der Waals surface area contributed by atoms with Gasteiger partial charge in [-0.1, -0.05) is 19.1 Å². The second-order valence-corrected chi connectivity index (χ2v) is 5.90. The maximum Gasteiger partial charge on any atom is 0.323 e. The van der Waals surface area contributed by atoms with Crippen LogP contribution in [0.25, 0.3) is 11.3 Å². The van der Waals surface area contributed by atoms with Gasteiger partial charge in [-0.05, 0) is 30.7 Å². The second-order valence-electron chi connectivity index (χ2n) is 5.90. The van der Waals surface area contributed by atoms with Gasteiger partial charge in [-0.25, -0.2) is 9.18 Å². The van der Waals surface area contributed by atoms with Crippen molar-refractivity contribution in [1.29, 1.82) is 0 Å². The SMILES string of the molecule is CCc1[nH]nc(-c2ccc(OC)cc2OC)c1NC(=O)Nc1ccccc1F. The molecule has 8 heteroatoms. The lowest BCUT2D eigenvalue weighted by atomic mass is 10.1. The summed E-state index contributed by atoms with van der Waals surface area (Å²) < 4.78 is 24.5. The first-order valence-corrected chi connectivity index (χ1v) is 8.69. The molecule has 0 unspecified atom stereocenters. The van der Waals surface area contributed by atoms with Crippen LogP contribution in [0.15, 0.2) is 42.5 Å². The molecule has 0 radical (unpaired) electrons. The number of nitrogens with zero attached hydrogens (tertiary/aromatic N) is 1. The van der Waals surface area contributed by atoms with E-state index in [0.717, 1.165) is 5.69 Å². The summed E-state index contributed by atoms with van der Waals surface area (Å²) in [5.41, 5.74) is 2.52. The molecule has 0 aliphatic heterocycles. The van der Waals surface area contributed by atoms with E-state index < -0.39 is 11.8 Å². The minimum atomic E-state index is -0.574. The monoisotopic (exact) mass is 384 g/mol. The molecule has 0 bridgehead atoms. The Hall–Kier alpha value is -3.55. The van der Waals surface area contributed by atoms with Gasteiger partial charge in [0.15, 0.2) is 0 Å². The van der Waals surface area contributed by atoms with Crippen LogP contribution in [0.1, 0.15) is 12.6 Å². The Morgan fingerprint density at radius 3 is 2.61 bits per heavy atom. The first-order chi connectivity index (χ1) is 13.6. The molecule has 3 N–H and O–H groups in total. The van der Waals surface area contributed by atoms with Crippen molar-refractivity contribution in [2.75, 3.05) is 24.9 Å². The van der Waals surface area contributed by atoms with Gasteiger partial charge in [0.1, 0.15) is 23.0 Å². The van der Waals surface area contributed by atoms with Crippen LogP contribution in [0, 0.1) is 5.82 Å². The predicted molar refractivity (Wildman–Crippen MR) is 106 cm³/mol. The van der Waals surface area contributed by atoms with Gasteiger partial charge >= 0.3 is 6.03 Å². The number of ether oxygens (including phenoxy) is 2. The number of carbonyl (C=O) groups excluding carboxylic acids is 1. The van der Waals surface area contributed by atoms with E-state index in [9.17, 15) is 9.18 Å². The third-order valence-electron chi connectivity index (χ3n) is 4.22. The van der Waals surface area contributed by atoms with Gasteiger partial charge in [-0.2, -0.15) is 5.10 Å². The number of para-hydroxylation sites is 1. The highest BCUT2D eigenvalue weighted by atomic mass is 19.1. The van der Waals surface area contributed by atoms with Crippen LogP contribution < -0.4 is 20.1 Å². The van der Waals surface area contributed by atoms with Gasteiger partial charge in [0, 0.05) is 11.6 Å². The Balaban J connectivity index is 1.93. The van der Waals surface area contributed by atoms with Gasteiger partial charge in [0.05, 0.1) is 31.3 Å². The lowest BCUT2D eigenvalue weighted by Crippen LogP contribution is -2.21. The summed E-state index contributed by atoms with van der Waals surface area (Å²) >= 11 is 0. The number of halogens is 1. The van der Waals surface area contributed by atoms with Gasteiger partial charge < -0.3 is 20.1 Å². The highest BCUT2D eigenvalue weighted by Crippen LogP contribution is 2.37. The molecule has 28 heavy (non-hydrogen) atoms. The smallest absolute Gasteiger partial charge is 0.323 e. The van der Waals surface area contributed by atoms with Crippen LogP contribution in [0.5, 0.6) is 11.5 Å². The molecular weight excluding hydrogens is 363 g/mol. The summed E-state index contributed by atoms with van der Waals surface area (Å²) in [6.45, 7) is 1.93. The third kappa shape index (κ3) is 3.90. The number of aryl methyl sites for hydroxylation is 1. The molecule has 1 aromatic heterocycles. The number of hydrogen-bond donors (Lipinski definition) is 3. The highest BCUT2D eigenvalue weighted by Gasteiger charge is 2.20. The van der Waals surface area contributed by atoms with Crippen molar-refractivity contribution in [2.45, 2.75) is 13.3 Å². The molecule has 3 rings (SSSR count). The summed E-state index contributed by atoms with van der Waals surface area (Å²) in [6.07, 6.45) is 0.612. The molecule has 3 aromatic rings. The third-order valence-corrected chi connectivity index (χ3v) is 4.22. The fourth-order valence-corrected chi connectivity index (χ4v) is 2.79. The van der Waals surface area contributed by atoms with Crippen molar-refractivity contribution < 1.29 is 18.7 Å². The summed E-state index contributed by atoms with van der Waals surface area (Å²) in [6, 6.07) is 10.7. The highest BCUT2D eigenvalue weighted by molar-refractivity contribution is 6.02. The van der Waals surface area contributed by atoms with E-state index in [4.69, 9.17) is 9.47 Å². The number of aromatic nitrogens is 2. The fourth-order valence-electron chi connectivity index (χ4n) is 2.79. The quantitative estimate of drug-likeness (QED) is 0.586. The summed E-state index contributed by atoms with van der Waals surface area (Å²) in [7, 11) is 3.11. The number of anilines is 2. The Labute approximate surface area is 161 Å². The zero-order chi connectivity index (χ0) is 20.1. The molecule has 0 aliphatic carbocycles. The maximum absolute atomic E-state index is 13.8. The minimum Gasteiger partial charge on any atom is -0.497 e. The summed E-state index contributed by atoms with van der Waals surface area (Å²) in [5, 5.41) is 12.5. The Kier molecular flexibility index (Phi) is 5.78. The molecule has 2 aromatic carbocycles. The minimum absolute atomic E-state index is 0.0881. The van der Waals surface area contributed by atoms with Crippen molar-refractivity contribution in [2.24, 2.45) is 0 Å². The molecule has 2 amide bonds. The summed E-state index contributed by atoms with van der Waals surface area (Å²) in [4.78, 5) is 12.5. The molecular formula is C20H21FN4O3. The number of rotatable bonds is 6. The lowest BCUT2D eigenvalue weighted by molar-refractivity contribution is 0.262. The van der Waals surface area contributed by atoms with Crippen LogP contribution in [-0.4, -0.2) is 30.4 Å². The van der Waals surface area contributed by atoms with Gasteiger partial charge in [-0.3, -0.25) is 5.10 Å². The number of nitrogens with one attached hydrogen (secondary N) is 3. The number of benzene rings is 2. The average Bonchev–Trinajstić information content (AvgIpc) is 3.11. The van der Waals surface area contributed by atoms with E-state index in [1.165, 1.54) is 12.1 Å². The molecule has 146 valence electrons. The van der Waals surface area contributed by atoms with E-state index in [2.05, 4.69) is 20.8 Å². The van der Waals surface area contributed by atoms with Gasteiger partial charge in [-0.15, -0.1) is 0 Å². The molecule has 0 fully saturated rings. The predicted octanol–water partition coefficient (Wildman–Crippen LogP) is 4.44. The molecule has 0 spiro atoms. The molecule has 1 heterocycles. The van der Waals surface area contributed by atoms with Crippen LogP contribution in [0.4, 0.5) is 20.6 Å². The molecule has 0 saturated heterocycles. The van der Waals surface area contributed by atoms with Crippen LogP contribution in [0.3, 0.4) is 0 Å². The van der Waals surface area contributed by atoms with Gasteiger partial charge in [0.25, 0.3) is 0 Å². The van der Waals surface area contributed by atoms with Crippen molar-refractivity contribution in [3.8, 4) is 22.8 Å². The summed E-state index contributed by atoms with van der Waals surface area (Å²) in [5.74, 6) is 0.669. The zero-order valence-electron chi connectivity index (χ0n) is 15.8. The maximum atomic E-state index is 13.8. The zero-order valence-corrected chi connectivity index (χ0v) is 15.8. The number of aromatic amines is 1. The number of amides is 2.